The standard InChI is InChI=1S/C16H20N2O2/c1-2-13-5-3-4-8-18(13)16(19)15-10-11-9-12(17)6-7-14(11)20-15/h6-7,9-10,13H,2-5,8,17H2,1H3. The van der Waals surface area contributed by atoms with Crippen molar-refractivity contribution in [2.75, 3.05) is 12.3 Å². The van der Waals surface area contributed by atoms with E-state index in [0.29, 0.717) is 23.1 Å². The number of rotatable bonds is 2. The van der Waals surface area contributed by atoms with Gasteiger partial charge in [-0.15, -0.1) is 0 Å². The first kappa shape index (κ1) is 13.0. The number of nitrogens with two attached hydrogens (primary N) is 1. The lowest BCUT2D eigenvalue weighted by atomic mass is 10.00. The number of carbonyl (C=O) groups is 1. The second kappa shape index (κ2) is 5.19. The lowest BCUT2D eigenvalue weighted by Crippen LogP contribution is -2.43. The van der Waals surface area contributed by atoms with E-state index in [9.17, 15) is 4.79 Å². The van der Waals surface area contributed by atoms with Crippen LogP contribution in [0.1, 0.15) is 43.2 Å². The van der Waals surface area contributed by atoms with E-state index in [2.05, 4.69) is 6.92 Å². The maximum atomic E-state index is 12.6. The Hall–Kier alpha value is -1.97. The second-order valence-corrected chi connectivity index (χ2v) is 5.46. The van der Waals surface area contributed by atoms with E-state index < -0.39 is 0 Å². The van der Waals surface area contributed by atoms with Gasteiger partial charge in [0, 0.05) is 23.7 Å². The average Bonchev–Trinajstić information content (AvgIpc) is 2.89. The minimum absolute atomic E-state index is 0.00585. The largest absolute Gasteiger partial charge is 0.451 e. The molecule has 4 heteroatoms. The Kier molecular flexibility index (Phi) is 3.38. The first-order valence-electron chi connectivity index (χ1n) is 7.29. The van der Waals surface area contributed by atoms with Gasteiger partial charge in [-0.2, -0.15) is 0 Å². The van der Waals surface area contributed by atoms with Crippen LogP contribution in [-0.4, -0.2) is 23.4 Å². The van der Waals surface area contributed by atoms with Crippen LogP contribution in [0.15, 0.2) is 28.7 Å². The smallest absolute Gasteiger partial charge is 0.289 e. The first-order chi connectivity index (χ1) is 9.69. The summed E-state index contributed by atoms with van der Waals surface area (Å²) in [4.78, 5) is 14.6. The van der Waals surface area contributed by atoms with E-state index in [-0.39, 0.29) is 5.91 Å². The molecule has 1 atom stereocenters. The van der Waals surface area contributed by atoms with E-state index in [1.54, 1.807) is 12.1 Å². The maximum Gasteiger partial charge on any atom is 0.289 e. The van der Waals surface area contributed by atoms with Crippen LogP contribution in [0.25, 0.3) is 11.0 Å². The molecule has 2 heterocycles. The third-order valence-electron chi connectivity index (χ3n) is 4.11. The van der Waals surface area contributed by atoms with Gasteiger partial charge in [-0.25, -0.2) is 0 Å². The Morgan fingerprint density at radius 1 is 1.40 bits per heavy atom. The number of piperidine rings is 1. The van der Waals surface area contributed by atoms with Crippen molar-refractivity contribution >= 4 is 22.6 Å². The highest BCUT2D eigenvalue weighted by Crippen LogP contribution is 2.26. The fraction of sp³-hybridized carbons (Fsp3) is 0.438. The van der Waals surface area contributed by atoms with Crippen molar-refractivity contribution in [1.82, 2.24) is 4.90 Å². The highest BCUT2D eigenvalue weighted by atomic mass is 16.3. The molecule has 1 fully saturated rings. The molecule has 20 heavy (non-hydrogen) atoms. The van der Waals surface area contributed by atoms with Crippen LogP contribution in [0.4, 0.5) is 5.69 Å². The van der Waals surface area contributed by atoms with Crippen LogP contribution >= 0.6 is 0 Å². The third kappa shape index (κ3) is 2.26. The van der Waals surface area contributed by atoms with Crippen LogP contribution in [0, 0.1) is 0 Å². The van der Waals surface area contributed by atoms with E-state index in [1.807, 2.05) is 17.0 Å². The zero-order chi connectivity index (χ0) is 14.1. The van der Waals surface area contributed by atoms with Gasteiger partial charge in [0.15, 0.2) is 5.76 Å². The molecule has 1 aliphatic heterocycles. The molecular formula is C16H20N2O2. The normalized spacial score (nSPS) is 19.4. The molecule has 1 unspecified atom stereocenters. The quantitative estimate of drug-likeness (QED) is 0.852. The van der Waals surface area contributed by atoms with Crippen molar-refractivity contribution in [2.24, 2.45) is 0 Å². The lowest BCUT2D eigenvalue weighted by molar-refractivity contribution is 0.0578. The Morgan fingerprint density at radius 3 is 3.05 bits per heavy atom. The van der Waals surface area contributed by atoms with Gasteiger partial charge >= 0.3 is 0 Å². The van der Waals surface area contributed by atoms with E-state index in [0.717, 1.165) is 31.2 Å². The number of anilines is 1. The van der Waals surface area contributed by atoms with Crippen LogP contribution in [0.3, 0.4) is 0 Å². The molecule has 1 aliphatic rings. The average molecular weight is 272 g/mol. The lowest BCUT2D eigenvalue weighted by Gasteiger charge is -2.34. The molecule has 3 rings (SSSR count). The molecule has 0 spiro atoms. The first-order valence-corrected chi connectivity index (χ1v) is 7.29. The Labute approximate surface area is 118 Å². The number of hydrogen-bond donors (Lipinski definition) is 1. The Balaban J connectivity index is 1.91. The fourth-order valence-electron chi connectivity index (χ4n) is 3.00. The highest BCUT2D eigenvalue weighted by molar-refractivity contribution is 5.96. The van der Waals surface area contributed by atoms with Crippen LogP contribution in [-0.2, 0) is 0 Å². The summed E-state index contributed by atoms with van der Waals surface area (Å²) in [5, 5.41) is 0.887. The molecule has 106 valence electrons. The summed E-state index contributed by atoms with van der Waals surface area (Å²) in [5.41, 5.74) is 7.16. The molecule has 0 radical (unpaired) electrons. The number of nitrogens with zero attached hydrogens (tertiary/aromatic N) is 1. The number of fused-ring (bicyclic) bond motifs is 1. The van der Waals surface area contributed by atoms with Crippen molar-refractivity contribution in [3.8, 4) is 0 Å². The molecule has 1 amide bonds. The SMILES string of the molecule is CCC1CCCCN1C(=O)c1cc2cc(N)ccc2o1. The number of carbonyl (C=O) groups excluding carboxylic acids is 1. The van der Waals surface area contributed by atoms with Gasteiger partial charge in [-0.05, 0) is 49.9 Å². The Bertz CT molecular complexity index is 632. The summed E-state index contributed by atoms with van der Waals surface area (Å²) in [6.45, 7) is 2.96. The summed E-state index contributed by atoms with van der Waals surface area (Å²) < 4.78 is 5.68. The summed E-state index contributed by atoms with van der Waals surface area (Å²) in [5.74, 6) is 0.428. The molecule has 1 aromatic heterocycles. The molecule has 1 saturated heterocycles. The third-order valence-corrected chi connectivity index (χ3v) is 4.11. The molecule has 2 aromatic rings. The van der Waals surface area contributed by atoms with E-state index >= 15 is 0 Å². The predicted octanol–water partition coefficient (Wildman–Crippen LogP) is 3.42. The number of hydrogen-bond acceptors (Lipinski definition) is 3. The predicted molar refractivity (Wildman–Crippen MR) is 79.6 cm³/mol. The minimum Gasteiger partial charge on any atom is -0.451 e. The van der Waals surface area contributed by atoms with Gasteiger partial charge in [-0.3, -0.25) is 4.79 Å². The number of amides is 1. The van der Waals surface area contributed by atoms with Gasteiger partial charge in [-0.1, -0.05) is 6.92 Å². The van der Waals surface area contributed by atoms with Gasteiger partial charge in [0.25, 0.3) is 5.91 Å². The van der Waals surface area contributed by atoms with Crippen molar-refractivity contribution in [3.63, 3.8) is 0 Å². The molecule has 0 bridgehead atoms. The number of nitrogen functional groups attached to an aromatic ring is 1. The summed E-state index contributed by atoms with van der Waals surface area (Å²) in [7, 11) is 0. The van der Waals surface area contributed by atoms with Crippen molar-refractivity contribution in [1.29, 1.82) is 0 Å². The van der Waals surface area contributed by atoms with E-state index in [4.69, 9.17) is 10.2 Å². The summed E-state index contributed by atoms with van der Waals surface area (Å²) in [6, 6.07) is 7.58. The number of likely N-dealkylation sites (tertiary alicyclic amines) is 1. The van der Waals surface area contributed by atoms with Crippen molar-refractivity contribution in [3.05, 3.63) is 30.0 Å². The van der Waals surface area contributed by atoms with Crippen LogP contribution in [0.5, 0.6) is 0 Å². The molecule has 4 nitrogen and oxygen atoms in total. The molecule has 2 N–H and O–H groups in total. The van der Waals surface area contributed by atoms with Crippen LogP contribution < -0.4 is 5.73 Å². The zero-order valence-corrected chi connectivity index (χ0v) is 11.8. The number of benzene rings is 1. The molecule has 1 aromatic carbocycles. The molecule has 0 aliphatic carbocycles. The maximum absolute atomic E-state index is 12.6. The second-order valence-electron chi connectivity index (χ2n) is 5.46. The highest BCUT2D eigenvalue weighted by Gasteiger charge is 2.28. The zero-order valence-electron chi connectivity index (χ0n) is 11.8. The summed E-state index contributed by atoms with van der Waals surface area (Å²) >= 11 is 0. The monoisotopic (exact) mass is 272 g/mol. The Morgan fingerprint density at radius 2 is 2.25 bits per heavy atom. The van der Waals surface area contributed by atoms with Crippen molar-refractivity contribution in [2.45, 2.75) is 38.6 Å². The topological polar surface area (TPSA) is 59.5 Å². The fourth-order valence-corrected chi connectivity index (χ4v) is 3.00. The van der Waals surface area contributed by atoms with E-state index in [1.165, 1.54) is 6.42 Å². The van der Waals surface area contributed by atoms with Crippen molar-refractivity contribution < 1.29 is 9.21 Å². The van der Waals surface area contributed by atoms with Gasteiger partial charge in [0.1, 0.15) is 5.58 Å². The van der Waals surface area contributed by atoms with Gasteiger partial charge < -0.3 is 15.1 Å². The number of furan rings is 1. The summed E-state index contributed by atoms with van der Waals surface area (Å²) in [6.07, 6.45) is 4.38. The van der Waals surface area contributed by atoms with Gasteiger partial charge in [0.2, 0.25) is 0 Å². The molecular weight excluding hydrogens is 252 g/mol. The molecule has 0 saturated carbocycles. The van der Waals surface area contributed by atoms with Crippen LogP contribution in [0.2, 0.25) is 0 Å². The minimum atomic E-state index is 0.00585. The van der Waals surface area contributed by atoms with Gasteiger partial charge in [0.05, 0.1) is 0 Å².